The summed E-state index contributed by atoms with van der Waals surface area (Å²) in [5.74, 6) is 0.0976. The van der Waals surface area contributed by atoms with Crippen LogP contribution in [-0.2, 0) is 6.42 Å². The number of rotatable bonds is 6. The molecule has 0 saturated carbocycles. The third-order valence-electron chi connectivity index (χ3n) is 3.81. The lowest BCUT2D eigenvalue weighted by atomic mass is 10.0. The Labute approximate surface area is 134 Å². The highest BCUT2D eigenvalue weighted by molar-refractivity contribution is 9.10. The van der Waals surface area contributed by atoms with Crippen molar-refractivity contribution in [3.63, 3.8) is 0 Å². The van der Waals surface area contributed by atoms with E-state index < -0.39 is 0 Å². The lowest BCUT2D eigenvalue weighted by molar-refractivity contribution is 0.0991. The van der Waals surface area contributed by atoms with Crippen LogP contribution in [0.5, 0.6) is 0 Å². The van der Waals surface area contributed by atoms with Gasteiger partial charge in [-0.05, 0) is 47.3 Å². The van der Waals surface area contributed by atoms with Gasteiger partial charge in [-0.25, -0.2) is 0 Å². The number of hydrogen-bond acceptors (Lipinski definition) is 2. The van der Waals surface area contributed by atoms with Crippen molar-refractivity contribution in [3.05, 3.63) is 51.8 Å². The molecule has 2 rings (SSSR count). The molecule has 0 saturated heterocycles. The molecule has 0 aliphatic heterocycles. The Morgan fingerprint density at radius 3 is 2.67 bits per heavy atom. The average Bonchev–Trinajstić information content (AvgIpc) is 2.91. The molecule has 2 aromatic rings. The topological polar surface area (TPSA) is 34.9 Å². The molecule has 1 aromatic heterocycles. The van der Waals surface area contributed by atoms with Gasteiger partial charge < -0.3 is 0 Å². The second-order valence-corrected chi connectivity index (χ2v) is 6.09. The van der Waals surface area contributed by atoms with Crippen LogP contribution in [-0.4, -0.2) is 15.6 Å². The van der Waals surface area contributed by atoms with E-state index in [2.05, 4.69) is 34.9 Å². The SMILES string of the molecule is CCC(CC)n1ccc(CC(=O)c2cccc(C)c2Br)n1. The Bertz CT molecular complexity index is 629. The van der Waals surface area contributed by atoms with E-state index in [-0.39, 0.29) is 5.78 Å². The van der Waals surface area contributed by atoms with Crippen LogP contribution in [0.25, 0.3) is 0 Å². The number of carbonyl (C=O) groups is 1. The number of carbonyl (C=O) groups excluding carboxylic acids is 1. The van der Waals surface area contributed by atoms with Crippen LogP contribution in [0.15, 0.2) is 34.9 Å². The van der Waals surface area contributed by atoms with E-state index in [1.807, 2.05) is 42.1 Å². The minimum atomic E-state index is 0.0976. The Morgan fingerprint density at radius 1 is 1.29 bits per heavy atom. The Kier molecular flexibility index (Phi) is 5.34. The first kappa shape index (κ1) is 16.0. The molecule has 112 valence electrons. The second kappa shape index (κ2) is 7.03. The molecular formula is C17H21BrN2O. The zero-order valence-electron chi connectivity index (χ0n) is 12.8. The van der Waals surface area contributed by atoms with Gasteiger partial charge >= 0.3 is 0 Å². The molecule has 0 unspecified atom stereocenters. The minimum absolute atomic E-state index is 0.0976. The summed E-state index contributed by atoms with van der Waals surface area (Å²) >= 11 is 3.50. The van der Waals surface area contributed by atoms with Crippen LogP contribution in [0.1, 0.15) is 54.3 Å². The zero-order valence-corrected chi connectivity index (χ0v) is 14.4. The Balaban J connectivity index is 2.15. The molecule has 0 radical (unpaired) electrons. The summed E-state index contributed by atoms with van der Waals surface area (Å²) < 4.78 is 2.86. The van der Waals surface area contributed by atoms with Gasteiger partial charge in [-0.15, -0.1) is 0 Å². The maximum atomic E-state index is 12.4. The van der Waals surface area contributed by atoms with Gasteiger partial charge in [0.05, 0.1) is 18.2 Å². The van der Waals surface area contributed by atoms with Crippen molar-refractivity contribution in [1.29, 1.82) is 0 Å². The van der Waals surface area contributed by atoms with E-state index in [4.69, 9.17) is 0 Å². The average molecular weight is 349 g/mol. The fourth-order valence-corrected chi connectivity index (χ4v) is 2.95. The van der Waals surface area contributed by atoms with Gasteiger partial charge in [0.2, 0.25) is 0 Å². The molecule has 21 heavy (non-hydrogen) atoms. The summed E-state index contributed by atoms with van der Waals surface area (Å²) in [7, 11) is 0. The lowest BCUT2D eigenvalue weighted by Gasteiger charge is -2.12. The highest BCUT2D eigenvalue weighted by atomic mass is 79.9. The van der Waals surface area contributed by atoms with Gasteiger partial charge in [-0.1, -0.05) is 32.0 Å². The van der Waals surface area contributed by atoms with Crippen molar-refractivity contribution in [2.75, 3.05) is 0 Å². The lowest BCUT2D eigenvalue weighted by Crippen LogP contribution is -2.10. The summed E-state index contributed by atoms with van der Waals surface area (Å²) in [6.07, 6.45) is 4.42. The minimum Gasteiger partial charge on any atom is -0.294 e. The summed E-state index contributed by atoms with van der Waals surface area (Å²) in [6.45, 7) is 6.30. The number of Topliss-reactive ketones (excluding diaryl/α,β-unsaturated/α-hetero) is 1. The van der Waals surface area contributed by atoms with Crippen LogP contribution in [0.4, 0.5) is 0 Å². The number of ketones is 1. The van der Waals surface area contributed by atoms with Gasteiger partial charge in [-0.2, -0.15) is 5.10 Å². The molecule has 0 amide bonds. The molecule has 3 nitrogen and oxygen atoms in total. The first-order chi connectivity index (χ1) is 10.1. The molecule has 1 heterocycles. The number of nitrogens with zero attached hydrogens (tertiary/aromatic N) is 2. The third kappa shape index (κ3) is 3.62. The second-order valence-electron chi connectivity index (χ2n) is 5.29. The highest BCUT2D eigenvalue weighted by Gasteiger charge is 2.14. The molecule has 0 aliphatic carbocycles. The Hall–Kier alpha value is -1.42. The molecule has 0 aliphatic rings. The van der Waals surface area contributed by atoms with Crippen molar-refractivity contribution < 1.29 is 4.79 Å². The highest BCUT2D eigenvalue weighted by Crippen LogP contribution is 2.22. The molecule has 0 spiro atoms. The van der Waals surface area contributed by atoms with Crippen molar-refractivity contribution in [2.45, 2.75) is 46.1 Å². The number of hydrogen-bond donors (Lipinski definition) is 0. The van der Waals surface area contributed by atoms with Crippen LogP contribution < -0.4 is 0 Å². The van der Waals surface area contributed by atoms with Crippen molar-refractivity contribution >= 4 is 21.7 Å². The molecule has 1 aromatic carbocycles. The van der Waals surface area contributed by atoms with E-state index in [1.54, 1.807) is 0 Å². The van der Waals surface area contributed by atoms with Crippen LogP contribution >= 0.6 is 15.9 Å². The van der Waals surface area contributed by atoms with Gasteiger partial charge in [0, 0.05) is 16.2 Å². The van der Waals surface area contributed by atoms with E-state index in [1.165, 1.54) is 0 Å². The van der Waals surface area contributed by atoms with Gasteiger partial charge in [0.15, 0.2) is 5.78 Å². The fraction of sp³-hybridized carbons (Fsp3) is 0.412. The first-order valence-electron chi connectivity index (χ1n) is 7.39. The quantitative estimate of drug-likeness (QED) is 0.706. The first-order valence-corrected chi connectivity index (χ1v) is 8.18. The predicted molar refractivity (Wildman–Crippen MR) is 88.8 cm³/mol. The summed E-state index contributed by atoms with van der Waals surface area (Å²) in [5.41, 5.74) is 2.63. The molecule has 0 fully saturated rings. The number of aromatic nitrogens is 2. The molecular weight excluding hydrogens is 328 g/mol. The normalized spacial score (nSPS) is 11.1. The van der Waals surface area contributed by atoms with Crippen LogP contribution in [0, 0.1) is 6.92 Å². The molecule has 4 heteroatoms. The maximum absolute atomic E-state index is 12.4. The number of aryl methyl sites for hydroxylation is 1. The Morgan fingerprint density at radius 2 is 2.00 bits per heavy atom. The van der Waals surface area contributed by atoms with Gasteiger partial charge in [0.25, 0.3) is 0 Å². The summed E-state index contributed by atoms with van der Waals surface area (Å²) in [4.78, 5) is 12.4. The van der Waals surface area contributed by atoms with E-state index in [9.17, 15) is 4.79 Å². The third-order valence-corrected chi connectivity index (χ3v) is 4.87. The smallest absolute Gasteiger partial charge is 0.170 e. The largest absolute Gasteiger partial charge is 0.294 e. The monoisotopic (exact) mass is 348 g/mol. The van der Waals surface area contributed by atoms with E-state index >= 15 is 0 Å². The summed E-state index contributed by atoms with van der Waals surface area (Å²) in [6, 6.07) is 8.12. The molecule has 0 bridgehead atoms. The van der Waals surface area contributed by atoms with Crippen LogP contribution in [0.3, 0.4) is 0 Å². The molecule has 0 atom stereocenters. The van der Waals surface area contributed by atoms with Crippen molar-refractivity contribution in [3.8, 4) is 0 Å². The maximum Gasteiger partial charge on any atom is 0.170 e. The number of halogens is 1. The summed E-state index contributed by atoms with van der Waals surface area (Å²) in [5, 5.41) is 4.55. The molecule has 0 N–H and O–H groups in total. The fourth-order valence-electron chi connectivity index (χ4n) is 2.46. The van der Waals surface area contributed by atoms with Gasteiger partial charge in [0.1, 0.15) is 0 Å². The van der Waals surface area contributed by atoms with Gasteiger partial charge in [-0.3, -0.25) is 9.48 Å². The van der Waals surface area contributed by atoms with Crippen LogP contribution in [0.2, 0.25) is 0 Å². The zero-order chi connectivity index (χ0) is 15.4. The predicted octanol–water partition coefficient (Wildman–Crippen LogP) is 4.74. The van der Waals surface area contributed by atoms with E-state index in [0.29, 0.717) is 12.5 Å². The van der Waals surface area contributed by atoms with E-state index in [0.717, 1.165) is 34.1 Å². The standard InChI is InChI=1S/C17H21BrN2O/c1-4-14(5-2)20-10-9-13(19-20)11-16(21)15-8-6-7-12(3)17(15)18/h6-10,14H,4-5,11H2,1-3H3. The van der Waals surface area contributed by atoms with Crippen molar-refractivity contribution in [1.82, 2.24) is 9.78 Å². The number of benzene rings is 1. The van der Waals surface area contributed by atoms with Crippen molar-refractivity contribution in [2.24, 2.45) is 0 Å².